The lowest BCUT2D eigenvalue weighted by Gasteiger charge is -2.44. The summed E-state index contributed by atoms with van der Waals surface area (Å²) in [5, 5.41) is 30.0. The molecule has 7 atom stereocenters. The first-order valence-electron chi connectivity index (χ1n) is 12.3. The van der Waals surface area contributed by atoms with Crippen LogP contribution in [0.5, 0.6) is 0 Å². The molecule has 0 bridgehead atoms. The SMILES string of the molecule is C=C1/C(=C\C=C2CCC[C@@]3(C)C2CC[C@@H]3[C@H](C)CCCC(C)(C)O)C[C@@H](O)[C@H](F)C1O. The zero-order valence-electron chi connectivity index (χ0n) is 19.9. The fourth-order valence-corrected chi connectivity index (χ4v) is 6.72. The zero-order valence-corrected chi connectivity index (χ0v) is 19.9. The van der Waals surface area contributed by atoms with Crippen molar-refractivity contribution in [3.8, 4) is 0 Å². The van der Waals surface area contributed by atoms with Gasteiger partial charge in [0.2, 0.25) is 0 Å². The van der Waals surface area contributed by atoms with E-state index in [-0.39, 0.29) is 6.42 Å². The Bertz CT molecular complexity index is 718. The Hall–Kier alpha value is -0.970. The van der Waals surface area contributed by atoms with E-state index in [4.69, 9.17) is 0 Å². The van der Waals surface area contributed by atoms with Crippen molar-refractivity contribution in [2.45, 2.75) is 109 Å². The molecule has 2 unspecified atom stereocenters. The van der Waals surface area contributed by atoms with Crippen molar-refractivity contribution in [3.63, 3.8) is 0 Å². The normalized spacial score (nSPS) is 40.4. The Balaban J connectivity index is 1.71. The molecule has 0 spiro atoms. The van der Waals surface area contributed by atoms with Crippen molar-refractivity contribution in [2.24, 2.45) is 23.2 Å². The predicted molar refractivity (Wildman–Crippen MR) is 124 cm³/mol. The second-order valence-corrected chi connectivity index (χ2v) is 11.4. The first-order valence-corrected chi connectivity index (χ1v) is 12.3. The first-order chi connectivity index (χ1) is 14.4. The maximum atomic E-state index is 13.9. The average Bonchev–Trinajstić information content (AvgIpc) is 3.04. The van der Waals surface area contributed by atoms with Crippen LogP contribution in [0.1, 0.15) is 85.5 Å². The van der Waals surface area contributed by atoms with Crippen LogP contribution in [-0.4, -0.2) is 39.3 Å². The molecular formula is C27H43FO3. The van der Waals surface area contributed by atoms with Gasteiger partial charge in [-0.25, -0.2) is 4.39 Å². The van der Waals surface area contributed by atoms with E-state index in [1.807, 2.05) is 19.9 Å². The smallest absolute Gasteiger partial charge is 0.156 e. The highest BCUT2D eigenvalue weighted by Crippen LogP contribution is 2.60. The monoisotopic (exact) mass is 434 g/mol. The van der Waals surface area contributed by atoms with Gasteiger partial charge in [0.1, 0.15) is 6.10 Å². The number of alkyl halides is 1. The van der Waals surface area contributed by atoms with Crippen molar-refractivity contribution in [2.75, 3.05) is 0 Å². The third kappa shape index (κ3) is 5.34. The van der Waals surface area contributed by atoms with Crippen molar-refractivity contribution < 1.29 is 19.7 Å². The maximum absolute atomic E-state index is 13.9. The van der Waals surface area contributed by atoms with Gasteiger partial charge in [-0.1, -0.05) is 51.0 Å². The number of allylic oxidation sites excluding steroid dienone is 3. The highest BCUT2D eigenvalue weighted by molar-refractivity contribution is 5.40. The van der Waals surface area contributed by atoms with E-state index < -0.39 is 24.0 Å². The van der Waals surface area contributed by atoms with Crippen LogP contribution in [0.3, 0.4) is 0 Å². The van der Waals surface area contributed by atoms with Gasteiger partial charge in [0, 0.05) is 6.42 Å². The van der Waals surface area contributed by atoms with Crippen LogP contribution in [0.25, 0.3) is 0 Å². The molecule has 4 heteroatoms. The third-order valence-electron chi connectivity index (χ3n) is 8.54. The van der Waals surface area contributed by atoms with Crippen LogP contribution in [0.2, 0.25) is 0 Å². The van der Waals surface area contributed by atoms with Gasteiger partial charge in [-0.2, -0.15) is 0 Å². The van der Waals surface area contributed by atoms with Gasteiger partial charge in [0.05, 0.1) is 11.7 Å². The Morgan fingerprint density at radius 3 is 2.65 bits per heavy atom. The van der Waals surface area contributed by atoms with Crippen molar-refractivity contribution in [1.82, 2.24) is 0 Å². The molecule has 3 fully saturated rings. The van der Waals surface area contributed by atoms with Crippen LogP contribution >= 0.6 is 0 Å². The molecule has 3 saturated carbocycles. The molecule has 0 heterocycles. The summed E-state index contributed by atoms with van der Waals surface area (Å²) in [7, 11) is 0. The fraction of sp³-hybridized carbons (Fsp3) is 0.778. The lowest BCUT2D eigenvalue weighted by molar-refractivity contribution is -0.00417. The number of hydrogen-bond donors (Lipinski definition) is 3. The second kappa shape index (κ2) is 9.49. The van der Waals surface area contributed by atoms with E-state index in [1.165, 1.54) is 37.7 Å². The topological polar surface area (TPSA) is 60.7 Å². The molecule has 0 aliphatic heterocycles. The fourth-order valence-electron chi connectivity index (χ4n) is 6.72. The highest BCUT2D eigenvalue weighted by Gasteiger charge is 2.50. The minimum Gasteiger partial charge on any atom is -0.390 e. The van der Waals surface area contributed by atoms with Gasteiger partial charge < -0.3 is 15.3 Å². The van der Waals surface area contributed by atoms with E-state index in [1.54, 1.807) is 0 Å². The molecule has 0 aromatic carbocycles. The van der Waals surface area contributed by atoms with Crippen molar-refractivity contribution >= 4 is 0 Å². The lowest BCUT2D eigenvalue weighted by atomic mass is 9.60. The van der Waals surface area contributed by atoms with Gasteiger partial charge in [-0.05, 0) is 86.7 Å². The molecule has 0 aromatic rings. The zero-order chi connectivity index (χ0) is 23.0. The second-order valence-electron chi connectivity index (χ2n) is 11.4. The summed E-state index contributed by atoms with van der Waals surface area (Å²) in [6, 6.07) is 0. The molecule has 3 aliphatic carbocycles. The molecule has 0 aromatic heterocycles. The standard InChI is InChI=1S/C27H43FO3/c1-17(8-6-14-26(3,4)31)21-12-13-22-19(9-7-15-27(21,22)5)10-11-20-16-23(29)24(28)25(30)18(20)2/h10-11,17,21-25,29-31H,2,6-9,12-16H2,1,3-5H3/b19-10?,20-11-/t17-,21-,22?,23-,24+,25?,27-/m1/s1. The molecule has 3 aliphatic rings. The number of rotatable bonds is 6. The maximum Gasteiger partial charge on any atom is 0.156 e. The summed E-state index contributed by atoms with van der Waals surface area (Å²) < 4.78 is 13.9. The molecule has 3 N–H and O–H groups in total. The average molecular weight is 435 g/mol. The van der Waals surface area contributed by atoms with Crippen molar-refractivity contribution in [1.29, 1.82) is 0 Å². The number of aliphatic hydroxyl groups excluding tert-OH is 2. The van der Waals surface area contributed by atoms with Gasteiger partial charge in [-0.15, -0.1) is 0 Å². The third-order valence-corrected chi connectivity index (χ3v) is 8.54. The Morgan fingerprint density at radius 2 is 1.97 bits per heavy atom. The van der Waals surface area contributed by atoms with E-state index in [2.05, 4.69) is 26.5 Å². The highest BCUT2D eigenvalue weighted by atomic mass is 19.1. The minimum atomic E-state index is -1.65. The summed E-state index contributed by atoms with van der Waals surface area (Å²) in [6.45, 7) is 12.5. The Kier molecular flexibility index (Phi) is 7.55. The quantitative estimate of drug-likeness (QED) is 0.506. The van der Waals surface area contributed by atoms with E-state index in [0.717, 1.165) is 24.8 Å². The van der Waals surface area contributed by atoms with Gasteiger partial charge in [-0.3, -0.25) is 0 Å². The summed E-state index contributed by atoms with van der Waals surface area (Å²) in [6.07, 6.45) is 9.34. The summed E-state index contributed by atoms with van der Waals surface area (Å²) >= 11 is 0. The summed E-state index contributed by atoms with van der Waals surface area (Å²) in [5.41, 5.74) is 2.36. The summed E-state index contributed by atoms with van der Waals surface area (Å²) in [5.74, 6) is 1.93. The molecular weight excluding hydrogens is 391 g/mol. The lowest BCUT2D eigenvalue weighted by Crippen LogP contribution is -2.40. The molecule has 176 valence electrons. The van der Waals surface area contributed by atoms with Crippen LogP contribution < -0.4 is 0 Å². The van der Waals surface area contributed by atoms with Crippen LogP contribution in [0, 0.1) is 23.2 Å². The Labute approximate surface area is 188 Å². The van der Waals surface area contributed by atoms with Crippen molar-refractivity contribution in [3.05, 3.63) is 35.5 Å². The minimum absolute atomic E-state index is 0.212. The number of hydrogen-bond acceptors (Lipinski definition) is 3. The molecule has 31 heavy (non-hydrogen) atoms. The molecule has 0 radical (unpaired) electrons. The number of halogens is 1. The molecule has 3 nitrogen and oxygen atoms in total. The van der Waals surface area contributed by atoms with E-state index in [0.29, 0.717) is 28.7 Å². The van der Waals surface area contributed by atoms with E-state index in [9.17, 15) is 19.7 Å². The van der Waals surface area contributed by atoms with E-state index >= 15 is 0 Å². The first kappa shape index (κ1) is 24.7. The molecule has 0 amide bonds. The Morgan fingerprint density at radius 1 is 1.26 bits per heavy atom. The molecule has 3 rings (SSSR count). The predicted octanol–water partition coefficient (Wildman–Crippen LogP) is 5.65. The number of aliphatic hydroxyl groups is 3. The number of fused-ring (bicyclic) bond motifs is 1. The van der Waals surface area contributed by atoms with Gasteiger partial charge >= 0.3 is 0 Å². The largest absolute Gasteiger partial charge is 0.390 e. The van der Waals surface area contributed by atoms with Crippen LogP contribution in [0.15, 0.2) is 35.5 Å². The summed E-state index contributed by atoms with van der Waals surface area (Å²) in [4.78, 5) is 0. The van der Waals surface area contributed by atoms with Gasteiger partial charge in [0.15, 0.2) is 6.17 Å². The van der Waals surface area contributed by atoms with Crippen LogP contribution in [-0.2, 0) is 0 Å². The molecule has 0 saturated heterocycles. The van der Waals surface area contributed by atoms with Crippen LogP contribution in [0.4, 0.5) is 4.39 Å². The van der Waals surface area contributed by atoms with Gasteiger partial charge in [0.25, 0.3) is 0 Å².